The fraction of sp³-hybridized carbons (Fsp3) is 0.700. The second-order valence-electron chi connectivity index (χ2n) is 7.09. The van der Waals surface area contributed by atoms with Crippen LogP contribution in [-0.2, 0) is 6.42 Å². The van der Waals surface area contributed by atoms with Gasteiger partial charge < -0.3 is 4.48 Å². The molecule has 0 bridgehead atoms. The van der Waals surface area contributed by atoms with E-state index in [9.17, 15) is 0 Å². The summed E-state index contributed by atoms with van der Waals surface area (Å²) in [6, 6.07) is 10.9. The number of hydrogen-bond acceptors (Lipinski definition) is 0. The quantitative estimate of drug-likeness (QED) is 0.355. The molecule has 21 heavy (non-hydrogen) atoms. The van der Waals surface area contributed by atoms with Crippen molar-refractivity contribution in [1.29, 1.82) is 0 Å². The Morgan fingerprint density at radius 2 is 1.29 bits per heavy atom. The summed E-state index contributed by atoms with van der Waals surface area (Å²) in [5, 5.41) is 0. The van der Waals surface area contributed by atoms with Crippen LogP contribution in [0.1, 0.15) is 63.9 Å². The summed E-state index contributed by atoms with van der Waals surface area (Å²) >= 11 is 0. The Kier molecular flexibility index (Phi) is 9.41. The zero-order valence-electron chi connectivity index (χ0n) is 14.6. The lowest BCUT2D eigenvalue weighted by Crippen LogP contribution is -2.41. The molecule has 1 nitrogen and oxygen atoms in total. The van der Waals surface area contributed by atoms with E-state index in [2.05, 4.69) is 51.4 Å². The Labute approximate surface area is 133 Å². The van der Waals surface area contributed by atoms with Gasteiger partial charge in [0, 0.05) is 0 Å². The first-order valence-electron chi connectivity index (χ1n) is 9.00. The van der Waals surface area contributed by atoms with Crippen LogP contribution < -0.4 is 0 Å². The minimum Gasteiger partial charge on any atom is -0.328 e. The SMILES string of the molecule is CCCCCCCC[N+](C)(C)CCCCc1ccccc1. The van der Waals surface area contributed by atoms with Gasteiger partial charge in [-0.25, -0.2) is 0 Å². The van der Waals surface area contributed by atoms with Gasteiger partial charge in [-0.2, -0.15) is 0 Å². The van der Waals surface area contributed by atoms with Gasteiger partial charge in [-0.3, -0.25) is 0 Å². The van der Waals surface area contributed by atoms with Crippen molar-refractivity contribution in [3.05, 3.63) is 35.9 Å². The van der Waals surface area contributed by atoms with Gasteiger partial charge in [-0.05, 0) is 37.7 Å². The molecule has 0 N–H and O–H groups in total. The molecule has 0 fully saturated rings. The van der Waals surface area contributed by atoms with Crippen LogP contribution in [0.3, 0.4) is 0 Å². The Hall–Kier alpha value is -0.820. The molecule has 1 aromatic carbocycles. The molecular formula is C20H36N+. The zero-order chi connectivity index (χ0) is 15.4. The highest BCUT2D eigenvalue weighted by Gasteiger charge is 2.13. The van der Waals surface area contributed by atoms with Crippen LogP contribution in [-0.4, -0.2) is 31.7 Å². The van der Waals surface area contributed by atoms with E-state index in [1.165, 1.54) is 80.9 Å². The number of unbranched alkanes of at least 4 members (excludes halogenated alkanes) is 6. The normalized spacial score (nSPS) is 11.8. The molecule has 0 unspecified atom stereocenters. The topological polar surface area (TPSA) is 0 Å². The molecule has 0 aliphatic rings. The molecule has 0 radical (unpaired) electrons. The molecule has 0 spiro atoms. The maximum absolute atomic E-state index is 2.40. The number of nitrogens with zero attached hydrogens (tertiary/aromatic N) is 1. The van der Waals surface area contributed by atoms with Crippen LogP contribution in [0.2, 0.25) is 0 Å². The molecule has 120 valence electrons. The lowest BCUT2D eigenvalue weighted by molar-refractivity contribution is -0.890. The van der Waals surface area contributed by atoms with Crippen molar-refractivity contribution < 1.29 is 4.48 Å². The summed E-state index contributed by atoms with van der Waals surface area (Å²) in [7, 11) is 4.79. The minimum atomic E-state index is 1.20. The van der Waals surface area contributed by atoms with Crippen LogP contribution in [0.15, 0.2) is 30.3 Å². The third-order valence-electron chi connectivity index (χ3n) is 4.44. The van der Waals surface area contributed by atoms with E-state index in [-0.39, 0.29) is 0 Å². The van der Waals surface area contributed by atoms with E-state index in [1.807, 2.05) is 0 Å². The van der Waals surface area contributed by atoms with E-state index >= 15 is 0 Å². The molecule has 0 heterocycles. The van der Waals surface area contributed by atoms with Gasteiger partial charge in [0.2, 0.25) is 0 Å². The molecule has 1 heteroatoms. The Bertz CT molecular complexity index is 342. The first kappa shape index (κ1) is 18.2. The van der Waals surface area contributed by atoms with Crippen molar-refractivity contribution in [2.45, 2.75) is 64.7 Å². The van der Waals surface area contributed by atoms with Crippen LogP contribution in [0, 0.1) is 0 Å². The molecule has 0 aromatic heterocycles. The number of hydrogen-bond donors (Lipinski definition) is 0. The van der Waals surface area contributed by atoms with Gasteiger partial charge in [-0.1, -0.05) is 62.9 Å². The van der Waals surface area contributed by atoms with Gasteiger partial charge in [0.25, 0.3) is 0 Å². The van der Waals surface area contributed by atoms with Crippen LogP contribution >= 0.6 is 0 Å². The molecule has 0 atom stereocenters. The monoisotopic (exact) mass is 290 g/mol. The van der Waals surface area contributed by atoms with Gasteiger partial charge in [0.1, 0.15) is 0 Å². The van der Waals surface area contributed by atoms with Crippen molar-refractivity contribution in [2.75, 3.05) is 27.2 Å². The van der Waals surface area contributed by atoms with Crippen molar-refractivity contribution in [3.8, 4) is 0 Å². The van der Waals surface area contributed by atoms with Crippen LogP contribution in [0.5, 0.6) is 0 Å². The third kappa shape index (κ3) is 9.68. The summed E-state index contributed by atoms with van der Waals surface area (Å²) in [5.41, 5.74) is 1.48. The first-order valence-corrected chi connectivity index (χ1v) is 9.00. The minimum absolute atomic E-state index is 1.20. The van der Waals surface area contributed by atoms with Gasteiger partial charge >= 0.3 is 0 Å². The van der Waals surface area contributed by atoms with Crippen molar-refractivity contribution in [1.82, 2.24) is 0 Å². The predicted octanol–water partition coefficient (Wildman–Crippen LogP) is 5.45. The zero-order valence-corrected chi connectivity index (χ0v) is 14.6. The highest BCUT2D eigenvalue weighted by atomic mass is 15.3. The summed E-state index contributed by atoms with van der Waals surface area (Å²) in [4.78, 5) is 0. The number of quaternary nitrogens is 1. The predicted molar refractivity (Wildman–Crippen MR) is 94.6 cm³/mol. The Balaban J connectivity index is 2.04. The second kappa shape index (κ2) is 10.8. The Morgan fingerprint density at radius 1 is 0.714 bits per heavy atom. The maximum atomic E-state index is 2.40. The van der Waals surface area contributed by atoms with E-state index in [4.69, 9.17) is 0 Å². The third-order valence-corrected chi connectivity index (χ3v) is 4.44. The van der Waals surface area contributed by atoms with E-state index in [0.717, 1.165) is 0 Å². The highest BCUT2D eigenvalue weighted by molar-refractivity contribution is 5.14. The number of rotatable bonds is 12. The molecule has 0 saturated heterocycles. The van der Waals surface area contributed by atoms with E-state index in [0.29, 0.717) is 0 Å². The molecule has 1 rings (SSSR count). The van der Waals surface area contributed by atoms with Gasteiger partial charge in [0.05, 0.1) is 27.2 Å². The van der Waals surface area contributed by atoms with Crippen molar-refractivity contribution >= 4 is 0 Å². The molecular weight excluding hydrogens is 254 g/mol. The first-order chi connectivity index (χ1) is 10.1. The van der Waals surface area contributed by atoms with Crippen molar-refractivity contribution in [3.63, 3.8) is 0 Å². The molecule has 0 saturated carbocycles. The average Bonchev–Trinajstić information content (AvgIpc) is 2.48. The average molecular weight is 291 g/mol. The fourth-order valence-electron chi connectivity index (χ4n) is 2.95. The van der Waals surface area contributed by atoms with Crippen molar-refractivity contribution in [2.24, 2.45) is 0 Å². The van der Waals surface area contributed by atoms with Gasteiger partial charge in [0.15, 0.2) is 0 Å². The smallest absolute Gasteiger partial charge is 0.0782 e. The van der Waals surface area contributed by atoms with E-state index < -0.39 is 0 Å². The molecule has 0 aliphatic carbocycles. The van der Waals surface area contributed by atoms with Gasteiger partial charge in [-0.15, -0.1) is 0 Å². The summed E-state index contributed by atoms with van der Waals surface area (Å²) < 4.78 is 1.20. The largest absolute Gasteiger partial charge is 0.328 e. The second-order valence-corrected chi connectivity index (χ2v) is 7.09. The number of aryl methyl sites for hydroxylation is 1. The van der Waals surface area contributed by atoms with Crippen LogP contribution in [0.25, 0.3) is 0 Å². The van der Waals surface area contributed by atoms with E-state index in [1.54, 1.807) is 0 Å². The molecule has 0 aliphatic heterocycles. The number of benzene rings is 1. The lowest BCUT2D eigenvalue weighted by Gasteiger charge is -2.30. The van der Waals surface area contributed by atoms with Crippen LogP contribution in [0.4, 0.5) is 0 Å². The molecule has 0 amide bonds. The summed E-state index contributed by atoms with van der Waals surface area (Å²) in [6.07, 6.45) is 12.3. The summed E-state index contributed by atoms with van der Waals surface area (Å²) in [6.45, 7) is 4.95. The fourth-order valence-corrected chi connectivity index (χ4v) is 2.95. The highest BCUT2D eigenvalue weighted by Crippen LogP contribution is 2.11. The summed E-state index contributed by atoms with van der Waals surface area (Å²) in [5.74, 6) is 0. The standard InChI is InChI=1S/C20H36N/c1-4-5-6-7-8-13-18-21(2,3)19-14-12-17-20-15-10-9-11-16-20/h9-11,15-16H,4-8,12-14,17-19H2,1-3H3/q+1. The lowest BCUT2D eigenvalue weighted by atomic mass is 10.1. The Morgan fingerprint density at radius 3 is 1.95 bits per heavy atom. The maximum Gasteiger partial charge on any atom is 0.0782 e. The molecule has 1 aromatic rings.